The second kappa shape index (κ2) is 15.5. The summed E-state index contributed by atoms with van der Waals surface area (Å²) in [4.78, 5) is 4.90. The second-order valence-electron chi connectivity index (χ2n) is 21.0. The van der Waals surface area contributed by atoms with Crippen LogP contribution in [-0.2, 0) is 37.3 Å². The van der Waals surface area contributed by atoms with E-state index in [1.165, 1.54) is 56.0 Å². The molecule has 0 amide bonds. The normalized spacial score (nSPS) is 17.7. The number of rotatable bonds is 7. The van der Waals surface area contributed by atoms with E-state index >= 15 is 0 Å². The van der Waals surface area contributed by atoms with Gasteiger partial charge in [0, 0.05) is 68.5 Å². The Bertz CT molecular complexity index is 3330. The first-order valence-electron chi connectivity index (χ1n) is 22.8. The quantitative estimate of drug-likeness (QED) is 0.0904. The maximum Gasteiger partial charge on any atom is 0.225 e. The Kier molecular flexibility index (Phi) is 10.3. The van der Waals surface area contributed by atoms with E-state index in [9.17, 15) is 0 Å². The number of fused-ring (bicyclic) bond motifs is 7. The van der Waals surface area contributed by atoms with Crippen molar-refractivity contribution < 1.29 is 25.8 Å². The van der Waals surface area contributed by atoms with Crippen molar-refractivity contribution in [3.8, 4) is 39.6 Å². The molecule has 0 N–H and O–H groups in total. The van der Waals surface area contributed by atoms with Crippen LogP contribution < -0.4 is 13.9 Å². The van der Waals surface area contributed by atoms with Gasteiger partial charge in [0.1, 0.15) is 5.82 Å². The molecule has 0 bridgehead atoms. The van der Waals surface area contributed by atoms with Crippen molar-refractivity contribution in [3.05, 3.63) is 199 Å². The summed E-state index contributed by atoms with van der Waals surface area (Å²) in [7, 11) is 0. The summed E-state index contributed by atoms with van der Waals surface area (Å²) in [6.45, 7) is 22.8. The number of nitrogens with zero attached hydrogens (tertiary/aromatic N) is 4. The number of para-hydroxylation sites is 3. The summed E-state index contributed by atoms with van der Waals surface area (Å²) in [5.74, 6) is 2.14. The molecule has 332 valence electrons. The van der Waals surface area contributed by atoms with Gasteiger partial charge in [-0.3, -0.25) is 0 Å². The van der Waals surface area contributed by atoms with Gasteiger partial charge < -0.3 is 9.30 Å². The number of quaternary nitrogens is 2. The van der Waals surface area contributed by atoms with E-state index in [1.54, 1.807) is 0 Å². The molecule has 0 saturated carbocycles. The van der Waals surface area contributed by atoms with Gasteiger partial charge in [-0.25, -0.2) is 9.58 Å². The minimum Gasteiger partial charge on any atom is -0.509 e. The van der Waals surface area contributed by atoms with E-state index in [1.807, 2.05) is 12.3 Å². The maximum absolute atomic E-state index is 6.95. The van der Waals surface area contributed by atoms with E-state index in [4.69, 9.17) is 9.72 Å². The van der Waals surface area contributed by atoms with E-state index in [2.05, 4.69) is 237 Å². The first kappa shape index (κ1) is 43.8. The number of benzene rings is 7. The van der Waals surface area contributed by atoms with Crippen molar-refractivity contribution in [1.82, 2.24) is 18.7 Å². The zero-order chi connectivity index (χ0) is 45.1. The molecule has 2 atom stereocenters. The Hall–Kier alpha value is -6.10. The molecule has 7 aromatic carbocycles. The molecule has 2 aromatic heterocycles. The zero-order valence-corrected chi connectivity index (χ0v) is 41.5. The van der Waals surface area contributed by atoms with E-state index < -0.39 is 0 Å². The summed E-state index contributed by atoms with van der Waals surface area (Å²) >= 11 is 0. The molecule has 11 rings (SSSR count). The predicted octanol–water partition coefficient (Wildman–Crippen LogP) is 16.1. The van der Waals surface area contributed by atoms with Gasteiger partial charge in [-0.15, -0.1) is 35.2 Å². The molecule has 0 spiro atoms. The van der Waals surface area contributed by atoms with Crippen molar-refractivity contribution in [3.63, 3.8) is 0 Å². The minimum atomic E-state index is -0.167. The number of aromatic nitrogens is 2. The molecule has 2 aliphatic heterocycles. The standard InChI is InChI=1S/C60H55N4O.Pt/c1-58(2,3)44-25-23-41(24-26-44)43-31-42(40-17-11-10-12-18-40)32-47(33-43)63-39-64(63,56-22-16-15-21-55(56)63)48-34-46(60(7,8)9)35-50(37-48)65-49-27-28-52-51-19-13-14-20-53(51)62(54(52)38-49)57-36-45(29-30-61-57)59(4,5)6;/h10-36,39H,1-9H3;/q-1;/t63-,64?;/m0./s1. The van der Waals surface area contributed by atoms with Crippen LogP contribution in [0.3, 0.4) is 0 Å². The van der Waals surface area contributed by atoms with Crippen LogP contribution in [0.25, 0.3) is 49.9 Å². The molecule has 66 heavy (non-hydrogen) atoms. The van der Waals surface area contributed by atoms with E-state index in [0.29, 0.717) is 20.7 Å². The van der Waals surface area contributed by atoms with Crippen LogP contribution in [0.5, 0.6) is 11.5 Å². The largest absolute Gasteiger partial charge is 0.509 e. The Morgan fingerprint density at radius 1 is 0.500 bits per heavy atom. The van der Waals surface area contributed by atoms with Crippen molar-refractivity contribution in [2.45, 2.75) is 78.6 Å². The first-order chi connectivity index (χ1) is 31.0. The fourth-order valence-electron chi connectivity index (χ4n) is 9.86. The third-order valence-electron chi connectivity index (χ3n) is 13.6. The van der Waals surface area contributed by atoms with Crippen LogP contribution in [0.2, 0.25) is 0 Å². The molecular formula is C60H55N4OPt-. The summed E-state index contributed by atoms with van der Waals surface area (Å²) in [6, 6.07) is 64.9. The van der Waals surface area contributed by atoms with Crippen molar-refractivity contribution in [1.29, 1.82) is 0 Å². The zero-order valence-electron chi connectivity index (χ0n) is 39.2. The molecule has 0 radical (unpaired) electrons. The Labute approximate surface area is 404 Å². The Balaban J connectivity index is 0.00000511. The summed E-state index contributed by atoms with van der Waals surface area (Å²) in [5.41, 5.74) is 15.1. The fourth-order valence-corrected chi connectivity index (χ4v) is 9.86. The van der Waals surface area contributed by atoms with Crippen LogP contribution in [0.4, 0.5) is 22.7 Å². The molecule has 4 heterocycles. The number of ether oxygens (including phenoxy) is 1. The average molecular weight is 1040 g/mol. The second-order valence-corrected chi connectivity index (χ2v) is 21.0. The van der Waals surface area contributed by atoms with Crippen LogP contribution in [0, 0.1) is 18.8 Å². The molecule has 2 aliphatic rings. The monoisotopic (exact) mass is 1040 g/mol. The van der Waals surface area contributed by atoms with E-state index in [-0.39, 0.29) is 37.3 Å². The topological polar surface area (TPSA) is 27.1 Å². The van der Waals surface area contributed by atoms with E-state index in [0.717, 1.165) is 33.3 Å². The molecule has 0 aliphatic carbocycles. The average Bonchev–Trinajstić information content (AvgIpc) is 3.79. The van der Waals surface area contributed by atoms with Crippen LogP contribution in [0.15, 0.2) is 164 Å². The number of hydrogen-bond donors (Lipinski definition) is 0. The van der Waals surface area contributed by atoms with Gasteiger partial charge in [0.2, 0.25) is 11.4 Å². The Morgan fingerprint density at radius 3 is 1.80 bits per heavy atom. The van der Waals surface area contributed by atoms with Crippen LogP contribution in [0.1, 0.15) is 79.0 Å². The molecule has 1 fully saturated rings. The summed E-state index contributed by atoms with van der Waals surface area (Å²) < 4.78 is 10.2. The molecular weight excluding hydrogens is 988 g/mol. The van der Waals surface area contributed by atoms with Gasteiger partial charge in [-0.05, 0) is 79.3 Å². The maximum atomic E-state index is 6.95. The number of pyridine rings is 1. The van der Waals surface area contributed by atoms with Gasteiger partial charge in [0.15, 0.2) is 12.4 Å². The smallest absolute Gasteiger partial charge is 0.225 e. The SMILES string of the molecule is CC(C)(C)c1ccc(-c2cc(-c3ccccc3)cc([N@+]34[CH-][N+]3(c3[c-]c(Oc5[c-]c6c(cc5)c5ccccc5n6-c5cc(C(C)(C)C)ccn5)cc(C(C)(C)C)c3)c3ccccc34)c2)cc1.[Pt]. The third-order valence-corrected chi connectivity index (χ3v) is 13.6. The molecule has 1 unspecified atom stereocenters. The molecule has 9 aromatic rings. The van der Waals surface area contributed by atoms with Crippen LogP contribution >= 0.6 is 0 Å². The van der Waals surface area contributed by atoms with Gasteiger partial charge in [0.25, 0.3) is 0 Å². The minimum absolute atomic E-state index is 0. The van der Waals surface area contributed by atoms with Crippen molar-refractivity contribution in [2.24, 2.45) is 0 Å². The number of hydrogen-bond acceptors (Lipinski definition) is 2. The molecule has 1 saturated heterocycles. The summed E-state index contributed by atoms with van der Waals surface area (Å²) in [6.07, 6.45) is 1.91. The van der Waals surface area contributed by atoms with Gasteiger partial charge in [-0.2, -0.15) is 10.7 Å². The Morgan fingerprint density at radius 2 is 1.12 bits per heavy atom. The fraction of sp³-hybridized carbons (Fsp3) is 0.200. The van der Waals surface area contributed by atoms with Gasteiger partial charge in [-0.1, -0.05) is 159 Å². The van der Waals surface area contributed by atoms with Gasteiger partial charge in [0.05, 0.1) is 5.69 Å². The van der Waals surface area contributed by atoms with Crippen molar-refractivity contribution >= 4 is 44.6 Å². The third kappa shape index (κ3) is 6.98. The molecule has 5 nitrogen and oxygen atoms in total. The summed E-state index contributed by atoms with van der Waals surface area (Å²) in [5, 5.41) is 2.25. The van der Waals surface area contributed by atoms with Crippen molar-refractivity contribution in [2.75, 3.05) is 0 Å². The predicted molar refractivity (Wildman–Crippen MR) is 270 cm³/mol. The molecule has 6 heteroatoms. The van der Waals surface area contributed by atoms with Gasteiger partial charge >= 0.3 is 0 Å². The first-order valence-corrected chi connectivity index (χ1v) is 22.8. The van der Waals surface area contributed by atoms with Crippen LogP contribution in [-0.4, -0.2) is 9.55 Å².